The summed E-state index contributed by atoms with van der Waals surface area (Å²) in [5.74, 6) is 0. The van der Waals surface area contributed by atoms with Gasteiger partial charge in [-0.2, -0.15) is 0 Å². The summed E-state index contributed by atoms with van der Waals surface area (Å²) in [7, 11) is 0. The molecule has 0 unspecified atom stereocenters. The van der Waals surface area contributed by atoms with Crippen LogP contribution in [0.3, 0.4) is 0 Å². The molecule has 0 bridgehead atoms. The number of likely N-dealkylation sites (N-methyl/N-ethyl adjacent to an activating group) is 1. The van der Waals surface area contributed by atoms with Crippen LogP contribution < -0.4 is 4.90 Å². The molecule has 4 rings (SSSR count). The molecule has 3 nitrogen and oxygen atoms in total. The predicted molar refractivity (Wildman–Crippen MR) is 115 cm³/mol. The van der Waals surface area contributed by atoms with Gasteiger partial charge < -0.3 is 9.80 Å². The monoisotopic (exact) mass is 383 g/mol. The van der Waals surface area contributed by atoms with Crippen molar-refractivity contribution in [3.8, 4) is 11.1 Å². The Morgan fingerprint density at radius 2 is 1.63 bits per heavy atom. The number of nitrogens with zero attached hydrogens (tertiary/aromatic N) is 3. The summed E-state index contributed by atoms with van der Waals surface area (Å²) in [5.41, 5.74) is 6.53. The van der Waals surface area contributed by atoms with Crippen molar-refractivity contribution in [1.82, 2.24) is 9.88 Å². The highest BCUT2D eigenvalue weighted by Crippen LogP contribution is 2.33. The molecule has 1 fully saturated rings. The predicted octanol–water partition coefficient (Wildman–Crippen LogP) is 5.20. The summed E-state index contributed by atoms with van der Waals surface area (Å²) in [4.78, 5) is 9.68. The maximum atomic E-state index is 6.38. The molecular weight excluding hydrogens is 354 g/mol. The van der Waals surface area contributed by atoms with Gasteiger partial charge in [-0.05, 0) is 67.1 Å². The van der Waals surface area contributed by atoms with Crippen LogP contribution in [0.5, 0.6) is 0 Å². The molecule has 0 amide bonds. The Morgan fingerprint density at radius 3 is 2.33 bits per heavy atom. The number of pyridine rings is 1. The lowest BCUT2D eigenvalue weighted by Gasteiger charge is -2.35. The zero-order valence-electron chi connectivity index (χ0n) is 16.4. The van der Waals surface area contributed by atoms with Crippen LogP contribution in [0.25, 0.3) is 11.1 Å². The fraction of sp³-hybridized carbons (Fsp3) is 0.522. The Hall–Kier alpha value is -1.58. The number of aryl methyl sites for hydroxylation is 1. The summed E-state index contributed by atoms with van der Waals surface area (Å²) in [6.45, 7) is 7.95. The van der Waals surface area contributed by atoms with Crippen LogP contribution in [0.2, 0.25) is 5.15 Å². The molecule has 144 valence electrons. The number of piperazine rings is 1. The molecule has 0 saturated carbocycles. The molecule has 1 aromatic carbocycles. The minimum absolute atomic E-state index is 0.629. The largest absolute Gasteiger partial charge is 0.369 e. The summed E-state index contributed by atoms with van der Waals surface area (Å²) in [5, 5.41) is 0.629. The molecule has 1 aliphatic heterocycles. The molecule has 27 heavy (non-hydrogen) atoms. The van der Waals surface area contributed by atoms with E-state index in [1.54, 1.807) is 0 Å². The number of rotatable bonds is 3. The summed E-state index contributed by atoms with van der Waals surface area (Å²) >= 11 is 6.38. The van der Waals surface area contributed by atoms with Crippen LogP contribution in [0.1, 0.15) is 43.9 Å². The Morgan fingerprint density at radius 1 is 0.926 bits per heavy atom. The molecule has 0 N–H and O–H groups in total. The number of benzene rings is 1. The first-order chi connectivity index (χ1) is 13.2. The zero-order chi connectivity index (χ0) is 18.6. The van der Waals surface area contributed by atoms with Crippen molar-refractivity contribution in [1.29, 1.82) is 0 Å². The number of hydrogen-bond donors (Lipinski definition) is 0. The first kappa shape index (κ1) is 18.8. The van der Waals surface area contributed by atoms with Gasteiger partial charge in [0.1, 0.15) is 5.15 Å². The van der Waals surface area contributed by atoms with Gasteiger partial charge in [-0.1, -0.05) is 43.5 Å². The molecule has 2 aromatic rings. The Balaban J connectivity index is 1.59. The van der Waals surface area contributed by atoms with Crippen molar-refractivity contribution in [2.24, 2.45) is 0 Å². The van der Waals surface area contributed by atoms with E-state index in [4.69, 9.17) is 11.6 Å². The molecule has 0 spiro atoms. The van der Waals surface area contributed by atoms with Gasteiger partial charge in [-0.15, -0.1) is 0 Å². The highest BCUT2D eigenvalue weighted by atomic mass is 35.5. The molecule has 1 aliphatic carbocycles. The second-order valence-corrected chi connectivity index (χ2v) is 8.19. The minimum Gasteiger partial charge on any atom is -0.369 e. The zero-order valence-corrected chi connectivity index (χ0v) is 17.1. The summed E-state index contributed by atoms with van der Waals surface area (Å²) in [6, 6.07) is 11.2. The third-order valence-electron chi connectivity index (χ3n) is 6.13. The number of aromatic nitrogens is 1. The van der Waals surface area contributed by atoms with Crippen LogP contribution in [-0.4, -0.2) is 42.6 Å². The van der Waals surface area contributed by atoms with Crippen molar-refractivity contribution >= 4 is 17.3 Å². The summed E-state index contributed by atoms with van der Waals surface area (Å²) < 4.78 is 0. The lowest BCUT2D eigenvalue weighted by atomic mass is 9.91. The van der Waals surface area contributed by atoms with Gasteiger partial charge in [0.25, 0.3) is 0 Å². The maximum Gasteiger partial charge on any atom is 0.129 e. The summed E-state index contributed by atoms with van der Waals surface area (Å²) in [6.07, 6.45) is 7.29. The number of hydrogen-bond acceptors (Lipinski definition) is 3. The second-order valence-electron chi connectivity index (χ2n) is 7.80. The molecule has 1 aromatic heterocycles. The van der Waals surface area contributed by atoms with Crippen LogP contribution in [0, 0.1) is 0 Å². The first-order valence-corrected chi connectivity index (χ1v) is 10.9. The van der Waals surface area contributed by atoms with E-state index in [0.717, 1.165) is 45.6 Å². The van der Waals surface area contributed by atoms with E-state index in [1.165, 1.54) is 53.8 Å². The highest BCUT2D eigenvalue weighted by molar-refractivity contribution is 6.29. The molecule has 0 radical (unpaired) electrons. The Labute approximate surface area is 168 Å². The third-order valence-corrected chi connectivity index (χ3v) is 6.33. The van der Waals surface area contributed by atoms with E-state index >= 15 is 0 Å². The van der Waals surface area contributed by atoms with Crippen LogP contribution in [0.15, 0.2) is 30.3 Å². The Bertz CT molecular complexity index is 764. The lowest BCUT2D eigenvalue weighted by molar-refractivity contribution is 0.271. The quantitative estimate of drug-likeness (QED) is 0.679. The van der Waals surface area contributed by atoms with Crippen molar-refractivity contribution in [3.05, 3.63) is 46.7 Å². The second kappa shape index (κ2) is 8.62. The Kier molecular flexibility index (Phi) is 5.99. The van der Waals surface area contributed by atoms with Gasteiger partial charge in [0.05, 0.1) is 0 Å². The number of anilines is 1. The van der Waals surface area contributed by atoms with E-state index < -0.39 is 0 Å². The van der Waals surface area contributed by atoms with Gasteiger partial charge in [0.15, 0.2) is 0 Å². The van der Waals surface area contributed by atoms with E-state index in [2.05, 4.69) is 52.0 Å². The van der Waals surface area contributed by atoms with Crippen LogP contribution >= 0.6 is 11.6 Å². The lowest BCUT2D eigenvalue weighted by Crippen LogP contribution is -2.46. The van der Waals surface area contributed by atoms with Gasteiger partial charge in [0, 0.05) is 37.6 Å². The average Bonchev–Trinajstić information content (AvgIpc) is 2.69. The van der Waals surface area contributed by atoms with Gasteiger partial charge in [-0.25, -0.2) is 4.98 Å². The number of halogens is 1. The van der Waals surface area contributed by atoms with E-state index in [9.17, 15) is 0 Å². The normalized spacial score (nSPS) is 18.7. The molecule has 2 heterocycles. The van der Waals surface area contributed by atoms with Crippen LogP contribution in [0.4, 0.5) is 5.69 Å². The highest BCUT2D eigenvalue weighted by Gasteiger charge is 2.18. The fourth-order valence-corrected chi connectivity index (χ4v) is 4.67. The minimum atomic E-state index is 0.629. The van der Waals surface area contributed by atoms with Crippen molar-refractivity contribution in [2.75, 3.05) is 37.6 Å². The average molecular weight is 384 g/mol. The molecule has 4 heteroatoms. The van der Waals surface area contributed by atoms with E-state index in [1.807, 2.05) is 0 Å². The van der Waals surface area contributed by atoms with E-state index in [0.29, 0.717) is 5.15 Å². The maximum absolute atomic E-state index is 6.38. The van der Waals surface area contributed by atoms with Crippen molar-refractivity contribution < 1.29 is 0 Å². The fourth-order valence-electron chi connectivity index (χ4n) is 4.46. The standard InChI is InChI=1S/C23H30ClN3/c1-2-26-13-15-27(16-14-26)19-11-9-18(10-12-19)21-17-23(24)25-22-8-6-4-3-5-7-20(21)22/h9-12,17H,2-8,13-16H2,1H3. The van der Waals surface area contributed by atoms with Gasteiger partial charge in [-0.3, -0.25) is 0 Å². The van der Waals surface area contributed by atoms with Gasteiger partial charge in [0.2, 0.25) is 0 Å². The topological polar surface area (TPSA) is 19.4 Å². The SMILES string of the molecule is CCN1CCN(c2ccc(-c3cc(Cl)nc4c3CCCCCC4)cc2)CC1. The number of fused-ring (bicyclic) bond motifs is 1. The molecule has 0 atom stereocenters. The van der Waals surface area contributed by atoms with Crippen molar-refractivity contribution in [3.63, 3.8) is 0 Å². The first-order valence-electron chi connectivity index (χ1n) is 10.5. The molecule has 2 aliphatic rings. The third kappa shape index (κ3) is 4.30. The van der Waals surface area contributed by atoms with Gasteiger partial charge >= 0.3 is 0 Å². The van der Waals surface area contributed by atoms with E-state index in [-0.39, 0.29) is 0 Å². The van der Waals surface area contributed by atoms with Crippen molar-refractivity contribution in [2.45, 2.75) is 45.4 Å². The smallest absolute Gasteiger partial charge is 0.129 e. The van der Waals surface area contributed by atoms with Crippen LogP contribution in [-0.2, 0) is 12.8 Å². The molecular formula is C23H30ClN3. The molecule has 1 saturated heterocycles.